The minimum Gasteiger partial charge on any atom is -0.458 e. The summed E-state index contributed by atoms with van der Waals surface area (Å²) in [6, 6.07) is 8.41. The van der Waals surface area contributed by atoms with Crippen LogP contribution >= 0.6 is 0 Å². The molecule has 11 heteroatoms. The van der Waals surface area contributed by atoms with Crippen molar-refractivity contribution in [2.45, 2.75) is 30.6 Å². The molecule has 2 aromatic heterocycles. The van der Waals surface area contributed by atoms with E-state index in [9.17, 15) is 18.5 Å². The average Bonchev–Trinajstić information content (AvgIpc) is 3.37. The molecule has 1 atom stereocenters. The Bertz CT molecular complexity index is 1140. The van der Waals surface area contributed by atoms with Gasteiger partial charge in [0.05, 0.1) is 15.7 Å². The first-order valence-electron chi connectivity index (χ1n) is 8.99. The number of aryl methyl sites for hydroxylation is 1. The molecule has 0 aliphatic carbocycles. The van der Waals surface area contributed by atoms with Crippen molar-refractivity contribution in [2.75, 3.05) is 13.1 Å². The zero-order chi connectivity index (χ0) is 20.6. The van der Waals surface area contributed by atoms with E-state index in [4.69, 9.17) is 8.94 Å². The summed E-state index contributed by atoms with van der Waals surface area (Å²) >= 11 is 0. The molecule has 10 nitrogen and oxygen atoms in total. The van der Waals surface area contributed by atoms with Crippen LogP contribution in [-0.2, 0) is 10.0 Å². The molecule has 0 bridgehead atoms. The molecule has 0 radical (unpaired) electrons. The van der Waals surface area contributed by atoms with Crippen LogP contribution in [0.15, 0.2) is 50.2 Å². The third kappa shape index (κ3) is 3.78. The topological polar surface area (TPSA) is 133 Å². The largest absolute Gasteiger partial charge is 0.458 e. The highest BCUT2D eigenvalue weighted by molar-refractivity contribution is 7.89. The van der Waals surface area contributed by atoms with E-state index < -0.39 is 14.9 Å². The van der Waals surface area contributed by atoms with Gasteiger partial charge in [0, 0.05) is 25.2 Å². The number of hydrogen-bond acceptors (Lipinski definition) is 8. The molecular formula is C18H18N4O6S. The lowest BCUT2D eigenvalue weighted by molar-refractivity contribution is -0.384. The molecule has 1 aliphatic rings. The number of sulfonamides is 1. The Labute approximate surface area is 166 Å². The van der Waals surface area contributed by atoms with Gasteiger partial charge in [-0.15, -0.1) is 0 Å². The van der Waals surface area contributed by atoms with Crippen LogP contribution in [0.1, 0.15) is 30.4 Å². The van der Waals surface area contributed by atoms with Crippen molar-refractivity contribution < 1.29 is 22.3 Å². The van der Waals surface area contributed by atoms with Gasteiger partial charge < -0.3 is 8.94 Å². The fourth-order valence-electron chi connectivity index (χ4n) is 3.31. The fourth-order valence-corrected chi connectivity index (χ4v) is 4.83. The third-order valence-electron chi connectivity index (χ3n) is 4.82. The Morgan fingerprint density at radius 3 is 2.62 bits per heavy atom. The van der Waals surface area contributed by atoms with Crippen LogP contribution in [0, 0.1) is 17.0 Å². The van der Waals surface area contributed by atoms with E-state index in [2.05, 4.69) is 10.1 Å². The lowest BCUT2D eigenvalue weighted by Gasteiger charge is -2.30. The maximum atomic E-state index is 12.9. The van der Waals surface area contributed by atoms with Gasteiger partial charge in [0.2, 0.25) is 21.7 Å². The van der Waals surface area contributed by atoms with Crippen molar-refractivity contribution in [1.29, 1.82) is 0 Å². The van der Waals surface area contributed by atoms with Crippen molar-refractivity contribution in [3.63, 3.8) is 0 Å². The van der Waals surface area contributed by atoms with Gasteiger partial charge in [-0.1, -0.05) is 5.16 Å². The van der Waals surface area contributed by atoms with Gasteiger partial charge in [-0.2, -0.15) is 9.29 Å². The van der Waals surface area contributed by atoms with Crippen molar-refractivity contribution in [3.05, 3.63) is 58.2 Å². The average molecular weight is 418 g/mol. The SMILES string of the molecule is Cc1ccc(-c2noc(C3CCCN(S(=O)(=O)c4ccc([N+](=O)[O-])cc4)C3)n2)o1. The number of non-ortho nitro benzene ring substituents is 1. The van der Waals surface area contributed by atoms with Gasteiger partial charge in [-0.25, -0.2) is 8.42 Å². The number of nitro groups is 1. The van der Waals surface area contributed by atoms with Crippen LogP contribution in [-0.4, -0.2) is 40.9 Å². The van der Waals surface area contributed by atoms with Gasteiger partial charge in [-0.3, -0.25) is 10.1 Å². The van der Waals surface area contributed by atoms with Crippen molar-refractivity contribution in [1.82, 2.24) is 14.4 Å². The molecule has 29 heavy (non-hydrogen) atoms. The summed E-state index contributed by atoms with van der Waals surface area (Å²) in [5, 5.41) is 14.7. The molecule has 1 aliphatic heterocycles. The van der Waals surface area contributed by atoms with Gasteiger partial charge in [-0.05, 0) is 44.0 Å². The predicted octanol–water partition coefficient (Wildman–Crippen LogP) is 3.11. The van der Waals surface area contributed by atoms with Gasteiger partial charge >= 0.3 is 0 Å². The van der Waals surface area contributed by atoms with E-state index in [1.165, 1.54) is 28.6 Å². The highest BCUT2D eigenvalue weighted by Gasteiger charge is 2.33. The van der Waals surface area contributed by atoms with Crippen LogP contribution in [0.4, 0.5) is 5.69 Å². The van der Waals surface area contributed by atoms with E-state index in [1.807, 2.05) is 6.92 Å². The Morgan fingerprint density at radius 2 is 1.97 bits per heavy atom. The normalized spacial score (nSPS) is 18.0. The number of nitrogens with zero attached hydrogens (tertiary/aromatic N) is 4. The zero-order valence-electron chi connectivity index (χ0n) is 15.5. The molecule has 4 rings (SSSR count). The van der Waals surface area contributed by atoms with Gasteiger partial charge in [0.1, 0.15) is 5.76 Å². The van der Waals surface area contributed by atoms with E-state index >= 15 is 0 Å². The van der Waals surface area contributed by atoms with E-state index in [1.54, 1.807) is 12.1 Å². The lowest BCUT2D eigenvalue weighted by Crippen LogP contribution is -2.39. The maximum Gasteiger partial charge on any atom is 0.269 e. The first-order valence-corrected chi connectivity index (χ1v) is 10.4. The summed E-state index contributed by atoms with van der Waals surface area (Å²) < 4.78 is 38.1. The Morgan fingerprint density at radius 1 is 1.21 bits per heavy atom. The molecule has 0 N–H and O–H groups in total. The van der Waals surface area contributed by atoms with Crippen molar-refractivity contribution >= 4 is 15.7 Å². The maximum absolute atomic E-state index is 12.9. The molecule has 3 aromatic rings. The Balaban J connectivity index is 1.53. The molecule has 152 valence electrons. The highest BCUT2D eigenvalue weighted by Crippen LogP contribution is 2.31. The molecule has 1 saturated heterocycles. The number of piperidine rings is 1. The summed E-state index contributed by atoms with van der Waals surface area (Å²) in [6.07, 6.45) is 1.35. The molecule has 0 spiro atoms. The number of rotatable bonds is 5. The minimum atomic E-state index is -3.79. The number of aromatic nitrogens is 2. The van der Waals surface area contributed by atoms with Crippen LogP contribution in [0.5, 0.6) is 0 Å². The fraction of sp³-hybridized carbons (Fsp3) is 0.333. The molecule has 1 fully saturated rings. The number of benzene rings is 1. The monoisotopic (exact) mass is 418 g/mol. The molecule has 1 unspecified atom stereocenters. The third-order valence-corrected chi connectivity index (χ3v) is 6.70. The standard InChI is InChI=1S/C18H18N4O6S/c1-12-4-9-16(27-12)17-19-18(28-20-17)13-3-2-10-21(11-13)29(25,26)15-7-5-14(6-8-15)22(23)24/h4-9,13H,2-3,10-11H2,1H3. The second kappa shape index (κ2) is 7.41. The van der Waals surface area contributed by atoms with E-state index in [0.29, 0.717) is 36.9 Å². The quantitative estimate of drug-likeness (QED) is 0.456. The molecule has 0 saturated carbocycles. The van der Waals surface area contributed by atoms with Crippen molar-refractivity contribution in [3.8, 4) is 11.6 Å². The zero-order valence-corrected chi connectivity index (χ0v) is 16.3. The first kappa shape index (κ1) is 19.3. The lowest BCUT2D eigenvalue weighted by atomic mass is 10.00. The second-order valence-electron chi connectivity index (χ2n) is 6.82. The number of hydrogen-bond donors (Lipinski definition) is 0. The summed E-state index contributed by atoms with van der Waals surface area (Å²) in [7, 11) is -3.79. The Hall–Kier alpha value is -3.05. The van der Waals surface area contributed by atoms with Crippen LogP contribution in [0.3, 0.4) is 0 Å². The molecule has 0 amide bonds. The summed E-state index contributed by atoms with van der Waals surface area (Å²) in [6.45, 7) is 2.36. The highest BCUT2D eigenvalue weighted by atomic mass is 32.2. The molecular weight excluding hydrogens is 400 g/mol. The van der Waals surface area contributed by atoms with Crippen LogP contribution in [0.25, 0.3) is 11.6 Å². The summed E-state index contributed by atoms with van der Waals surface area (Å²) in [4.78, 5) is 14.6. The van der Waals surface area contributed by atoms with Crippen molar-refractivity contribution in [2.24, 2.45) is 0 Å². The summed E-state index contributed by atoms with van der Waals surface area (Å²) in [5.74, 6) is 1.66. The van der Waals surface area contributed by atoms with Gasteiger partial charge in [0.15, 0.2) is 5.76 Å². The Kier molecular flexibility index (Phi) is 4.92. The van der Waals surface area contributed by atoms with E-state index in [0.717, 1.165) is 5.76 Å². The summed E-state index contributed by atoms with van der Waals surface area (Å²) in [5.41, 5.74) is -0.160. The molecule has 3 heterocycles. The smallest absolute Gasteiger partial charge is 0.269 e. The first-order chi connectivity index (χ1) is 13.8. The van der Waals surface area contributed by atoms with Gasteiger partial charge in [0.25, 0.3) is 5.69 Å². The number of nitro benzene ring substituents is 1. The minimum absolute atomic E-state index is 0.0148. The second-order valence-corrected chi connectivity index (χ2v) is 8.76. The van der Waals surface area contributed by atoms with Crippen LogP contribution < -0.4 is 0 Å². The number of furan rings is 1. The predicted molar refractivity (Wildman–Crippen MR) is 101 cm³/mol. The van der Waals surface area contributed by atoms with Crippen LogP contribution in [0.2, 0.25) is 0 Å². The molecule has 1 aromatic carbocycles. The van der Waals surface area contributed by atoms with E-state index in [-0.39, 0.29) is 23.0 Å².